The zero-order valence-electron chi connectivity index (χ0n) is 5.80. The van der Waals surface area contributed by atoms with Gasteiger partial charge in [-0.15, -0.1) is 0 Å². The van der Waals surface area contributed by atoms with Crippen molar-refractivity contribution in [3.05, 3.63) is 0 Å². The van der Waals surface area contributed by atoms with Crippen LogP contribution in [0.2, 0.25) is 0 Å². The molecule has 56 valence electrons. The SMILES string of the molecule is CO[Si](NN)(OC)OC. The Hall–Kier alpha value is 0.0169. The zero-order chi connectivity index (χ0) is 7.33. The van der Waals surface area contributed by atoms with Gasteiger partial charge in [0.1, 0.15) is 0 Å². The summed E-state index contributed by atoms with van der Waals surface area (Å²) in [6.45, 7) is 0. The van der Waals surface area contributed by atoms with E-state index in [0.717, 1.165) is 0 Å². The Kier molecular flexibility index (Phi) is 3.94. The van der Waals surface area contributed by atoms with Crippen molar-refractivity contribution in [2.45, 2.75) is 0 Å². The van der Waals surface area contributed by atoms with Crippen LogP contribution in [0.1, 0.15) is 0 Å². The molecule has 0 aromatic heterocycles. The van der Waals surface area contributed by atoms with Gasteiger partial charge in [0.05, 0.1) is 0 Å². The van der Waals surface area contributed by atoms with Crippen LogP contribution in [-0.4, -0.2) is 30.3 Å². The van der Waals surface area contributed by atoms with E-state index in [4.69, 9.17) is 19.1 Å². The number of nitrogens with two attached hydrogens (primary N) is 1. The molecule has 0 aromatic rings. The summed E-state index contributed by atoms with van der Waals surface area (Å²) in [4.78, 5) is 0. The summed E-state index contributed by atoms with van der Waals surface area (Å²) in [6.07, 6.45) is 0. The smallest absolute Gasteiger partial charge is 0.364 e. The summed E-state index contributed by atoms with van der Waals surface area (Å²) in [6, 6.07) is 0. The third kappa shape index (κ3) is 2.01. The Labute approximate surface area is 55.5 Å². The minimum Gasteiger partial charge on any atom is -0.364 e. The van der Waals surface area contributed by atoms with Crippen LogP contribution in [0.15, 0.2) is 0 Å². The lowest BCUT2D eigenvalue weighted by Gasteiger charge is -2.21. The van der Waals surface area contributed by atoms with Gasteiger partial charge in [0.25, 0.3) is 0 Å². The fourth-order valence-electron chi connectivity index (χ4n) is 0.427. The molecule has 0 unspecified atom stereocenters. The molecule has 3 N–H and O–H groups in total. The molecule has 0 amide bonds. The topological polar surface area (TPSA) is 65.7 Å². The monoisotopic (exact) mass is 152 g/mol. The highest BCUT2D eigenvalue weighted by atomic mass is 28.4. The normalized spacial score (nSPS) is 12.0. The molecule has 0 atom stereocenters. The highest BCUT2D eigenvalue weighted by Gasteiger charge is 2.37. The van der Waals surface area contributed by atoms with Gasteiger partial charge in [-0.3, -0.25) is 5.84 Å². The molecule has 0 aromatic carbocycles. The predicted molar refractivity (Wildman–Crippen MR) is 34.1 cm³/mol. The van der Waals surface area contributed by atoms with E-state index in [0.29, 0.717) is 0 Å². The summed E-state index contributed by atoms with van der Waals surface area (Å²) in [5.74, 6) is 5.08. The molecule has 0 spiro atoms. The van der Waals surface area contributed by atoms with E-state index in [2.05, 4.69) is 5.09 Å². The molecule has 0 radical (unpaired) electrons. The summed E-state index contributed by atoms with van der Waals surface area (Å²) in [5, 5.41) is 2.34. The third-order valence-electron chi connectivity index (χ3n) is 0.983. The van der Waals surface area contributed by atoms with E-state index in [1.54, 1.807) is 0 Å². The maximum atomic E-state index is 5.08. The number of nitrogens with one attached hydrogen (secondary N) is 1. The van der Waals surface area contributed by atoms with Gasteiger partial charge in [-0.25, -0.2) is 5.09 Å². The maximum absolute atomic E-state index is 5.08. The first kappa shape index (κ1) is 9.02. The predicted octanol–water partition coefficient (Wildman–Crippen LogP) is -1.18. The van der Waals surface area contributed by atoms with Crippen LogP contribution in [0.3, 0.4) is 0 Å². The van der Waals surface area contributed by atoms with Gasteiger partial charge in [0.2, 0.25) is 0 Å². The molecule has 0 aliphatic rings. The van der Waals surface area contributed by atoms with Crippen molar-refractivity contribution in [1.29, 1.82) is 0 Å². The van der Waals surface area contributed by atoms with Gasteiger partial charge in [-0.05, 0) is 0 Å². The first-order chi connectivity index (χ1) is 4.24. The van der Waals surface area contributed by atoms with Crippen LogP contribution < -0.4 is 10.9 Å². The van der Waals surface area contributed by atoms with Crippen LogP contribution in [0, 0.1) is 0 Å². The fourth-order valence-corrected chi connectivity index (χ4v) is 1.28. The second-order valence-electron chi connectivity index (χ2n) is 1.31. The Morgan fingerprint density at radius 1 is 1.11 bits per heavy atom. The molecule has 0 bridgehead atoms. The molecular formula is C3H12N2O3Si. The van der Waals surface area contributed by atoms with Gasteiger partial charge >= 0.3 is 8.97 Å². The lowest BCUT2D eigenvalue weighted by Crippen LogP contribution is -2.60. The van der Waals surface area contributed by atoms with E-state index in [1.807, 2.05) is 0 Å². The molecule has 5 nitrogen and oxygen atoms in total. The molecule has 0 saturated heterocycles. The highest BCUT2D eigenvalue weighted by Crippen LogP contribution is 1.97. The molecule has 0 fully saturated rings. The molecule has 0 aliphatic heterocycles. The Morgan fingerprint density at radius 2 is 1.44 bits per heavy atom. The van der Waals surface area contributed by atoms with Crippen LogP contribution in [0.4, 0.5) is 0 Å². The van der Waals surface area contributed by atoms with E-state index < -0.39 is 8.97 Å². The van der Waals surface area contributed by atoms with Gasteiger partial charge in [0, 0.05) is 21.3 Å². The Morgan fingerprint density at radius 3 is 1.44 bits per heavy atom. The Balaban J connectivity index is 3.82. The van der Waals surface area contributed by atoms with Crippen molar-refractivity contribution in [2.24, 2.45) is 5.84 Å². The van der Waals surface area contributed by atoms with Crippen molar-refractivity contribution in [2.75, 3.05) is 21.3 Å². The minimum atomic E-state index is -2.66. The molecule has 0 aliphatic carbocycles. The molecule has 6 heteroatoms. The quantitative estimate of drug-likeness (QED) is 0.302. The lowest BCUT2D eigenvalue weighted by molar-refractivity contribution is 0.110. The van der Waals surface area contributed by atoms with Crippen molar-refractivity contribution >= 4 is 8.97 Å². The zero-order valence-corrected chi connectivity index (χ0v) is 6.80. The lowest BCUT2D eigenvalue weighted by atomic mass is 11.8. The second kappa shape index (κ2) is 3.93. The van der Waals surface area contributed by atoms with Crippen LogP contribution in [-0.2, 0) is 13.3 Å². The third-order valence-corrected chi connectivity index (χ3v) is 2.95. The standard InChI is InChI=1S/C3H12N2O3Si/c1-6-9(5-4,7-2)8-3/h5H,4H2,1-3H3. The van der Waals surface area contributed by atoms with Gasteiger partial charge in [0.15, 0.2) is 0 Å². The highest BCUT2D eigenvalue weighted by molar-refractivity contribution is 6.57. The van der Waals surface area contributed by atoms with Gasteiger partial charge in [-0.2, -0.15) is 0 Å². The van der Waals surface area contributed by atoms with Crippen LogP contribution >= 0.6 is 0 Å². The van der Waals surface area contributed by atoms with Crippen LogP contribution in [0.5, 0.6) is 0 Å². The van der Waals surface area contributed by atoms with Crippen molar-refractivity contribution in [3.63, 3.8) is 0 Å². The summed E-state index contributed by atoms with van der Waals surface area (Å²) in [5.41, 5.74) is 0. The largest absolute Gasteiger partial charge is 0.609 e. The first-order valence-electron chi connectivity index (χ1n) is 2.38. The average Bonchev–Trinajstić information content (AvgIpc) is 1.95. The summed E-state index contributed by atoms with van der Waals surface area (Å²) >= 11 is 0. The molecule has 9 heavy (non-hydrogen) atoms. The molecule has 0 rings (SSSR count). The van der Waals surface area contributed by atoms with Crippen molar-refractivity contribution in [1.82, 2.24) is 5.09 Å². The summed E-state index contributed by atoms with van der Waals surface area (Å²) < 4.78 is 14.5. The second-order valence-corrected chi connectivity index (χ2v) is 3.94. The molecule has 0 heterocycles. The van der Waals surface area contributed by atoms with Gasteiger partial charge < -0.3 is 13.3 Å². The van der Waals surface area contributed by atoms with Gasteiger partial charge in [-0.1, -0.05) is 0 Å². The molecule has 0 saturated carbocycles. The molecular weight excluding hydrogens is 140 g/mol. The maximum Gasteiger partial charge on any atom is 0.609 e. The number of hydrogen-bond acceptors (Lipinski definition) is 5. The summed E-state index contributed by atoms with van der Waals surface area (Å²) in [7, 11) is 1.75. The number of hydrazine groups is 1. The van der Waals surface area contributed by atoms with E-state index in [1.165, 1.54) is 21.3 Å². The van der Waals surface area contributed by atoms with E-state index >= 15 is 0 Å². The van der Waals surface area contributed by atoms with E-state index in [-0.39, 0.29) is 0 Å². The number of rotatable bonds is 4. The fraction of sp³-hybridized carbons (Fsp3) is 1.00. The van der Waals surface area contributed by atoms with Crippen molar-refractivity contribution in [3.8, 4) is 0 Å². The van der Waals surface area contributed by atoms with Crippen LogP contribution in [0.25, 0.3) is 0 Å². The first-order valence-corrected chi connectivity index (χ1v) is 4.10. The Bertz CT molecular complexity index is 59.9. The van der Waals surface area contributed by atoms with Crippen molar-refractivity contribution < 1.29 is 13.3 Å². The minimum absolute atomic E-state index is 1.47. The number of hydrogen-bond donors (Lipinski definition) is 2. The van der Waals surface area contributed by atoms with E-state index in [9.17, 15) is 0 Å². The average molecular weight is 152 g/mol.